The molecule has 0 aromatic heterocycles. The van der Waals surface area contributed by atoms with Crippen molar-refractivity contribution in [2.24, 2.45) is 0 Å². The topological polar surface area (TPSA) is 183 Å². The molecule has 2 heterocycles. The molecular weight excluding hydrogens is 929 g/mol. The third-order valence-electron chi connectivity index (χ3n) is 14.0. The number of amides is 2. The summed E-state index contributed by atoms with van der Waals surface area (Å²) in [5.41, 5.74) is -0.127. The van der Waals surface area contributed by atoms with Crippen LogP contribution < -0.4 is 9.47 Å². The molecule has 2 aliphatic heterocycles. The molecule has 0 radical (unpaired) electrons. The van der Waals surface area contributed by atoms with Crippen molar-refractivity contribution < 1.29 is 76.4 Å². The molecule has 2 unspecified atom stereocenters. The maximum atomic E-state index is 14.5. The Morgan fingerprint density at radius 1 is 0.500 bits per heavy atom. The summed E-state index contributed by atoms with van der Waals surface area (Å²) in [5.74, 6) is -4.51. The molecule has 2 fully saturated rings. The zero-order valence-electron chi connectivity index (χ0n) is 42.5. The Morgan fingerprint density at radius 3 is 1.12 bits per heavy atom. The molecule has 2 aliphatic rings. The number of hydrogen-bond donors (Lipinski definition) is 0. The Kier molecular flexibility index (Phi) is 18.2. The normalized spacial score (nSPS) is 22.5. The number of methoxy groups -OCH3 is 4. The molecule has 0 bridgehead atoms. The molecule has 18 heteroatoms. The molecule has 2 amide bonds. The van der Waals surface area contributed by atoms with Gasteiger partial charge in [-0.2, -0.15) is 0 Å². The third-order valence-corrected chi connectivity index (χ3v) is 14.0. The van der Waals surface area contributed by atoms with Gasteiger partial charge < -0.3 is 18.9 Å². The predicted molar refractivity (Wildman–Crippen MR) is 260 cm³/mol. The fraction of sp³-hybridized carbons (Fsp3) is 0.444. The number of rotatable bonds is 20. The summed E-state index contributed by atoms with van der Waals surface area (Å²) in [6.45, 7) is 6.54. The number of carbonyl (C=O) groups excluding carboxylic acids is 6. The summed E-state index contributed by atoms with van der Waals surface area (Å²) in [7, 11) is 5.49. The zero-order valence-corrected chi connectivity index (χ0v) is 42.5. The smallest absolute Gasteiger partial charge is 0.480 e. The molecule has 0 aliphatic carbocycles. The van der Waals surface area contributed by atoms with Crippen molar-refractivity contribution in [3.05, 3.63) is 131 Å². The molecule has 6 rings (SSSR count). The van der Waals surface area contributed by atoms with Crippen LogP contribution in [0.4, 0.5) is 0 Å². The second-order valence-electron chi connectivity index (χ2n) is 18.6. The van der Waals surface area contributed by atoms with Crippen molar-refractivity contribution in [2.75, 3.05) is 67.7 Å². The predicted octanol–water partition coefficient (Wildman–Crippen LogP) is 6.53. The van der Waals surface area contributed by atoms with Gasteiger partial charge in [0.2, 0.25) is 11.8 Å². The van der Waals surface area contributed by atoms with Crippen LogP contribution >= 0.6 is 0 Å². The van der Waals surface area contributed by atoms with Crippen molar-refractivity contribution in [1.29, 1.82) is 0 Å². The van der Waals surface area contributed by atoms with Crippen molar-refractivity contribution >= 4 is 35.7 Å². The van der Waals surface area contributed by atoms with Gasteiger partial charge in [-0.05, 0) is 23.3 Å². The van der Waals surface area contributed by atoms with Crippen LogP contribution in [0.5, 0.6) is 11.5 Å². The van der Waals surface area contributed by atoms with Gasteiger partial charge in [0.15, 0.2) is 11.1 Å². The van der Waals surface area contributed by atoms with Crippen LogP contribution in [0.25, 0.3) is 0 Å². The number of benzene rings is 4. The molecular formula is C54H68N4O14+2. The van der Waals surface area contributed by atoms with Gasteiger partial charge in [0.25, 0.3) is 0 Å². The number of carbonyl (C=O) groups is 6. The molecule has 0 saturated carbocycles. The van der Waals surface area contributed by atoms with Gasteiger partial charge in [0.1, 0.15) is 64.0 Å². The maximum Gasteiger partial charge on any atom is 0.480 e. The summed E-state index contributed by atoms with van der Waals surface area (Å²) < 4.78 is 20.8. The first-order valence-corrected chi connectivity index (χ1v) is 24.1. The summed E-state index contributed by atoms with van der Waals surface area (Å²) in [6.07, 6.45) is -0.314. The van der Waals surface area contributed by atoms with Crippen LogP contribution in [0.1, 0.15) is 87.5 Å². The van der Waals surface area contributed by atoms with E-state index < -0.39 is 56.1 Å². The molecule has 18 nitrogen and oxygen atoms in total. The van der Waals surface area contributed by atoms with E-state index in [0.29, 0.717) is 22.6 Å². The minimum atomic E-state index is -1.64. The fourth-order valence-electron chi connectivity index (χ4n) is 10.2. The standard InChI is InChI=1S/C54H68N4O14/c1-39(43-19-11-9-12-20-43)35-57(31-27-53(28-32-57,51(63)67-7)55(41(3)59)69-37-45-23-15-17-25-47(45)65-5)71-49(61)50(62)72-58(36-40(2)44-21-13-10-14-22-44)33-29-54(30-34-58,52(64)68-8)56(42(4)60)70-38-46-24-16-18-26-48(46)66-6/h9-26,39-40H,27-38H2,1-8H3/q+2. The summed E-state index contributed by atoms with van der Waals surface area (Å²) in [5, 5.41) is 2.08. The first kappa shape index (κ1) is 54.5. The number of nitrogens with zero attached hydrogens (tertiary/aromatic N) is 4. The highest BCUT2D eigenvalue weighted by atomic mass is 16.8. The summed E-state index contributed by atoms with van der Waals surface area (Å²) in [4.78, 5) is 109. The second kappa shape index (κ2) is 24.0. The highest BCUT2D eigenvalue weighted by molar-refractivity contribution is 6.29. The summed E-state index contributed by atoms with van der Waals surface area (Å²) in [6, 6.07) is 33.5. The van der Waals surface area contributed by atoms with Crippen LogP contribution in [-0.2, 0) is 70.8 Å². The number of piperidine rings is 2. The Bertz CT molecular complexity index is 2330. The molecule has 4 aromatic rings. The highest BCUT2D eigenvalue weighted by Crippen LogP contribution is 2.40. The third kappa shape index (κ3) is 12.2. The molecule has 4 aromatic carbocycles. The number of likely N-dealkylation sites (tertiary alicyclic amines) is 2. The molecule has 2 saturated heterocycles. The average molecular weight is 997 g/mol. The maximum absolute atomic E-state index is 14.5. The van der Waals surface area contributed by atoms with Crippen LogP contribution in [0.15, 0.2) is 109 Å². The second-order valence-corrected chi connectivity index (χ2v) is 18.6. The van der Waals surface area contributed by atoms with Gasteiger partial charge >= 0.3 is 23.9 Å². The van der Waals surface area contributed by atoms with Gasteiger partial charge in [-0.3, -0.25) is 28.9 Å². The van der Waals surface area contributed by atoms with E-state index in [1.807, 2.05) is 74.5 Å². The van der Waals surface area contributed by atoms with E-state index in [-0.39, 0.29) is 90.0 Å². The van der Waals surface area contributed by atoms with Crippen LogP contribution in [0, 0.1) is 0 Å². The lowest BCUT2D eigenvalue weighted by molar-refractivity contribution is -1.10. The van der Waals surface area contributed by atoms with Gasteiger partial charge in [0, 0.05) is 62.5 Å². The number of hydrogen-bond acceptors (Lipinski definition) is 14. The Balaban J connectivity index is 1.29. The van der Waals surface area contributed by atoms with Crippen LogP contribution in [0.2, 0.25) is 0 Å². The summed E-state index contributed by atoms with van der Waals surface area (Å²) >= 11 is 0. The number of esters is 2. The zero-order chi connectivity index (χ0) is 52.1. The van der Waals surface area contributed by atoms with Gasteiger partial charge in [-0.1, -0.05) is 111 Å². The van der Waals surface area contributed by atoms with E-state index >= 15 is 0 Å². The lowest BCUT2D eigenvalue weighted by Gasteiger charge is -2.48. The average Bonchev–Trinajstić information content (AvgIpc) is 3.39. The van der Waals surface area contributed by atoms with Crippen molar-refractivity contribution in [1.82, 2.24) is 10.1 Å². The highest BCUT2D eigenvalue weighted by Gasteiger charge is 2.59. The Hall–Kier alpha value is -6.86. The fourth-order valence-corrected chi connectivity index (χ4v) is 10.2. The van der Waals surface area contributed by atoms with E-state index in [1.54, 1.807) is 48.5 Å². The molecule has 0 spiro atoms. The molecule has 0 N–H and O–H groups in total. The number of hydroxylamine groups is 10. The lowest BCUT2D eigenvalue weighted by atomic mass is 9.85. The van der Waals surface area contributed by atoms with Gasteiger partial charge in [0.05, 0.1) is 28.4 Å². The number of quaternary nitrogens is 2. The monoisotopic (exact) mass is 996 g/mol. The lowest BCUT2D eigenvalue weighted by Crippen LogP contribution is -2.68. The molecule has 72 heavy (non-hydrogen) atoms. The van der Waals surface area contributed by atoms with E-state index in [2.05, 4.69) is 0 Å². The van der Waals surface area contributed by atoms with E-state index in [0.717, 1.165) is 21.3 Å². The van der Waals surface area contributed by atoms with Crippen molar-refractivity contribution in [3.8, 4) is 11.5 Å². The van der Waals surface area contributed by atoms with E-state index in [9.17, 15) is 28.8 Å². The molecule has 2 atom stereocenters. The van der Waals surface area contributed by atoms with Crippen molar-refractivity contribution in [2.45, 2.75) is 89.5 Å². The number of ether oxygens (including phenoxy) is 4. The van der Waals surface area contributed by atoms with E-state index in [1.165, 1.54) is 42.3 Å². The molecule has 386 valence electrons. The largest absolute Gasteiger partial charge is 0.496 e. The number of para-hydroxylation sites is 2. The quantitative estimate of drug-likeness (QED) is 0.0403. The first-order chi connectivity index (χ1) is 34.5. The van der Waals surface area contributed by atoms with Crippen LogP contribution in [-0.4, -0.2) is 134 Å². The van der Waals surface area contributed by atoms with Gasteiger partial charge in [-0.15, -0.1) is 9.29 Å². The minimum Gasteiger partial charge on any atom is -0.496 e. The Morgan fingerprint density at radius 2 is 0.819 bits per heavy atom. The van der Waals surface area contributed by atoms with Crippen molar-refractivity contribution in [3.63, 3.8) is 0 Å². The van der Waals surface area contributed by atoms with E-state index in [4.69, 9.17) is 38.3 Å². The minimum absolute atomic E-state index is 0.0322. The first-order valence-electron chi connectivity index (χ1n) is 24.1. The van der Waals surface area contributed by atoms with Gasteiger partial charge in [-0.25, -0.2) is 29.3 Å². The Labute approximate surface area is 421 Å². The SMILES string of the molecule is COC(=O)C1(N(OCc2ccccc2OC)C(C)=O)CC[N+](CC(C)c2ccccc2)(OC(=O)C(=O)O[N+]2(CC(C)c3ccccc3)CCC(C(=O)OC)(N(OCc3ccccc3OC)C(C)=O)CC2)CC1. The van der Waals surface area contributed by atoms with Crippen LogP contribution in [0.3, 0.4) is 0 Å².